The molecule has 1 aromatic carbocycles. The zero-order valence-electron chi connectivity index (χ0n) is 12.4. The Hall–Kier alpha value is -1.55. The highest BCUT2D eigenvalue weighted by Crippen LogP contribution is 2.28. The van der Waals surface area contributed by atoms with Crippen LogP contribution in [-0.2, 0) is 4.79 Å². The fraction of sp³-hybridized carbons (Fsp3) is 0.588. The van der Waals surface area contributed by atoms with Gasteiger partial charge in [0, 0.05) is 24.3 Å². The molecule has 1 aromatic rings. The Bertz CT molecular complexity index is 497. The van der Waals surface area contributed by atoms with Crippen molar-refractivity contribution in [2.24, 2.45) is 5.92 Å². The Kier molecular flexibility index (Phi) is 4.44. The number of likely N-dealkylation sites (tertiary alicyclic amines) is 1. The minimum atomic E-state index is 0.0780. The molecule has 114 valence electrons. The Morgan fingerprint density at radius 2 is 2.00 bits per heavy atom. The highest BCUT2D eigenvalue weighted by molar-refractivity contribution is 5.93. The van der Waals surface area contributed by atoms with E-state index in [-0.39, 0.29) is 17.6 Å². The SMILES string of the molecule is O=C(Nc1cccc(O)c1)[C@@H]1CCN(C2CCCCC2)C1. The number of anilines is 1. The molecule has 0 bridgehead atoms. The first-order chi connectivity index (χ1) is 10.2. The van der Waals surface area contributed by atoms with E-state index >= 15 is 0 Å². The van der Waals surface area contributed by atoms with Gasteiger partial charge in [-0.3, -0.25) is 9.69 Å². The van der Waals surface area contributed by atoms with Crippen molar-refractivity contribution in [1.82, 2.24) is 4.90 Å². The summed E-state index contributed by atoms with van der Waals surface area (Å²) in [6.45, 7) is 1.93. The lowest BCUT2D eigenvalue weighted by molar-refractivity contribution is -0.119. The predicted molar refractivity (Wildman–Crippen MR) is 83.3 cm³/mol. The Morgan fingerprint density at radius 3 is 2.76 bits per heavy atom. The van der Waals surface area contributed by atoms with Gasteiger partial charge in [0.25, 0.3) is 0 Å². The van der Waals surface area contributed by atoms with Crippen LogP contribution in [0.2, 0.25) is 0 Å². The molecule has 2 fully saturated rings. The summed E-state index contributed by atoms with van der Waals surface area (Å²) in [5.74, 6) is 0.344. The molecule has 3 rings (SSSR count). The van der Waals surface area contributed by atoms with Crippen molar-refractivity contribution in [3.63, 3.8) is 0 Å². The number of nitrogens with zero attached hydrogens (tertiary/aromatic N) is 1. The largest absolute Gasteiger partial charge is 0.508 e. The fourth-order valence-corrected chi connectivity index (χ4v) is 3.61. The molecule has 1 saturated carbocycles. The van der Waals surface area contributed by atoms with E-state index in [0.29, 0.717) is 11.7 Å². The van der Waals surface area contributed by atoms with Gasteiger partial charge in [0.15, 0.2) is 0 Å². The second-order valence-electron chi connectivity index (χ2n) is 6.31. The molecule has 1 heterocycles. The number of nitrogens with one attached hydrogen (secondary N) is 1. The first-order valence-electron chi connectivity index (χ1n) is 8.06. The molecule has 1 saturated heterocycles. The molecule has 4 nitrogen and oxygen atoms in total. The second-order valence-corrected chi connectivity index (χ2v) is 6.31. The number of amides is 1. The van der Waals surface area contributed by atoms with Crippen LogP contribution < -0.4 is 5.32 Å². The molecule has 0 aromatic heterocycles. The summed E-state index contributed by atoms with van der Waals surface area (Å²) >= 11 is 0. The summed E-state index contributed by atoms with van der Waals surface area (Å²) in [5, 5.41) is 12.4. The van der Waals surface area contributed by atoms with Crippen LogP contribution in [0.1, 0.15) is 38.5 Å². The fourth-order valence-electron chi connectivity index (χ4n) is 3.61. The van der Waals surface area contributed by atoms with Crippen LogP contribution in [0.25, 0.3) is 0 Å². The van der Waals surface area contributed by atoms with Gasteiger partial charge in [0.05, 0.1) is 5.92 Å². The van der Waals surface area contributed by atoms with Crippen LogP contribution in [0, 0.1) is 5.92 Å². The number of benzene rings is 1. The molecule has 1 aliphatic heterocycles. The van der Waals surface area contributed by atoms with Gasteiger partial charge in [-0.05, 0) is 37.9 Å². The molecule has 21 heavy (non-hydrogen) atoms. The third-order valence-electron chi connectivity index (χ3n) is 4.80. The van der Waals surface area contributed by atoms with Crippen molar-refractivity contribution < 1.29 is 9.90 Å². The average molecular weight is 288 g/mol. The maximum Gasteiger partial charge on any atom is 0.228 e. The number of phenols is 1. The Balaban J connectivity index is 1.54. The van der Waals surface area contributed by atoms with Crippen LogP contribution in [0.4, 0.5) is 5.69 Å². The van der Waals surface area contributed by atoms with Crippen LogP contribution in [0.5, 0.6) is 5.75 Å². The zero-order valence-corrected chi connectivity index (χ0v) is 12.4. The van der Waals surface area contributed by atoms with E-state index in [2.05, 4.69) is 10.2 Å². The van der Waals surface area contributed by atoms with E-state index in [0.717, 1.165) is 19.5 Å². The zero-order chi connectivity index (χ0) is 14.7. The summed E-state index contributed by atoms with van der Waals surface area (Å²) in [5.41, 5.74) is 0.677. The van der Waals surface area contributed by atoms with Gasteiger partial charge >= 0.3 is 0 Å². The molecule has 1 aliphatic carbocycles. The van der Waals surface area contributed by atoms with Gasteiger partial charge in [0.1, 0.15) is 5.75 Å². The van der Waals surface area contributed by atoms with Crippen LogP contribution >= 0.6 is 0 Å². The van der Waals surface area contributed by atoms with Gasteiger partial charge in [-0.25, -0.2) is 0 Å². The molecule has 2 N–H and O–H groups in total. The number of aromatic hydroxyl groups is 1. The number of rotatable bonds is 3. The summed E-state index contributed by atoms with van der Waals surface area (Å²) in [4.78, 5) is 14.8. The quantitative estimate of drug-likeness (QED) is 0.899. The Labute approximate surface area is 126 Å². The molecule has 2 aliphatic rings. The predicted octanol–water partition coefficient (Wildman–Crippen LogP) is 2.99. The summed E-state index contributed by atoms with van der Waals surface area (Å²) < 4.78 is 0. The molecule has 0 radical (unpaired) electrons. The lowest BCUT2D eigenvalue weighted by Gasteiger charge is -2.30. The topological polar surface area (TPSA) is 52.6 Å². The number of hydrogen-bond donors (Lipinski definition) is 2. The molecular weight excluding hydrogens is 264 g/mol. The molecular formula is C17H24N2O2. The summed E-state index contributed by atoms with van der Waals surface area (Å²) in [6, 6.07) is 7.44. The van der Waals surface area contributed by atoms with E-state index in [4.69, 9.17) is 0 Å². The average Bonchev–Trinajstić information content (AvgIpc) is 2.98. The summed E-state index contributed by atoms with van der Waals surface area (Å²) in [6.07, 6.45) is 7.57. The summed E-state index contributed by atoms with van der Waals surface area (Å²) in [7, 11) is 0. The van der Waals surface area contributed by atoms with Crippen molar-refractivity contribution >= 4 is 11.6 Å². The first kappa shape index (κ1) is 14.4. The standard InChI is InChI=1S/C17H24N2O2/c20-16-8-4-5-14(11-16)18-17(21)13-9-10-19(12-13)15-6-2-1-3-7-15/h4-5,8,11,13,15,20H,1-3,6-7,9-10,12H2,(H,18,21)/t13-/m1/s1. The maximum atomic E-state index is 12.3. The molecule has 1 amide bonds. The first-order valence-corrected chi connectivity index (χ1v) is 8.06. The maximum absolute atomic E-state index is 12.3. The lowest BCUT2D eigenvalue weighted by Crippen LogP contribution is -2.36. The van der Waals surface area contributed by atoms with E-state index < -0.39 is 0 Å². The normalized spacial score (nSPS) is 24.1. The number of carbonyl (C=O) groups is 1. The minimum Gasteiger partial charge on any atom is -0.508 e. The van der Waals surface area contributed by atoms with Crippen LogP contribution in [0.3, 0.4) is 0 Å². The highest BCUT2D eigenvalue weighted by Gasteiger charge is 2.32. The molecule has 0 spiro atoms. The molecule has 4 heteroatoms. The van der Waals surface area contributed by atoms with Crippen molar-refractivity contribution in [3.8, 4) is 5.75 Å². The van der Waals surface area contributed by atoms with Gasteiger partial charge in [0.2, 0.25) is 5.91 Å². The van der Waals surface area contributed by atoms with Gasteiger partial charge in [-0.1, -0.05) is 25.3 Å². The molecule has 1 atom stereocenters. The van der Waals surface area contributed by atoms with Crippen LogP contribution in [0.15, 0.2) is 24.3 Å². The highest BCUT2D eigenvalue weighted by atomic mass is 16.3. The smallest absolute Gasteiger partial charge is 0.228 e. The van der Waals surface area contributed by atoms with E-state index in [1.54, 1.807) is 18.2 Å². The molecule has 0 unspecified atom stereocenters. The number of carbonyl (C=O) groups excluding carboxylic acids is 1. The second kappa shape index (κ2) is 6.48. The van der Waals surface area contributed by atoms with Crippen molar-refractivity contribution in [3.05, 3.63) is 24.3 Å². The third kappa shape index (κ3) is 3.56. The lowest BCUT2D eigenvalue weighted by atomic mass is 9.94. The van der Waals surface area contributed by atoms with E-state index in [1.807, 2.05) is 6.07 Å². The monoisotopic (exact) mass is 288 g/mol. The third-order valence-corrected chi connectivity index (χ3v) is 4.80. The van der Waals surface area contributed by atoms with Gasteiger partial charge in [-0.15, -0.1) is 0 Å². The minimum absolute atomic E-state index is 0.0780. The van der Waals surface area contributed by atoms with E-state index in [1.165, 1.54) is 32.1 Å². The number of hydrogen-bond acceptors (Lipinski definition) is 3. The van der Waals surface area contributed by atoms with Crippen LogP contribution in [-0.4, -0.2) is 35.0 Å². The van der Waals surface area contributed by atoms with Gasteiger partial charge < -0.3 is 10.4 Å². The Morgan fingerprint density at radius 1 is 1.19 bits per heavy atom. The van der Waals surface area contributed by atoms with Crippen molar-refractivity contribution in [2.45, 2.75) is 44.6 Å². The van der Waals surface area contributed by atoms with Crippen molar-refractivity contribution in [1.29, 1.82) is 0 Å². The van der Waals surface area contributed by atoms with Crippen molar-refractivity contribution in [2.75, 3.05) is 18.4 Å². The van der Waals surface area contributed by atoms with Gasteiger partial charge in [-0.2, -0.15) is 0 Å². The van der Waals surface area contributed by atoms with E-state index in [9.17, 15) is 9.90 Å². The number of phenolic OH excluding ortho intramolecular Hbond substituents is 1.